The molecule has 0 spiro atoms. The summed E-state index contributed by atoms with van der Waals surface area (Å²) < 4.78 is 5.30. The maximum absolute atomic E-state index is 13.3. The molecule has 1 aromatic rings. The van der Waals surface area contributed by atoms with E-state index in [-0.39, 0.29) is 50.7 Å². The number of carbonyl (C=O) groups excluding carboxylic acids is 6. The van der Waals surface area contributed by atoms with E-state index < -0.39 is 59.8 Å². The fourth-order valence-corrected chi connectivity index (χ4v) is 4.47. The number of carboxylic acid groups (broad SMARTS) is 1. The largest absolute Gasteiger partial charge is 0.481 e. The summed E-state index contributed by atoms with van der Waals surface area (Å²) in [6.45, 7) is 6.99. The van der Waals surface area contributed by atoms with Crippen LogP contribution in [-0.2, 0) is 35.3 Å². The summed E-state index contributed by atoms with van der Waals surface area (Å²) in [7, 11) is 1.43. The molecule has 16 nitrogen and oxygen atoms in total. The standard InChI is InChI=1S/C30H47N7O9/c1-17(2)24(36-22(38)9-6-10-23(39)40)28(43)35-21(8-7-15-33-29(32)44)27(42)34-20-13-11-19(12-14-20)16-46-30(45)37(5)25(18(3)4)26(31)41/h11-14,17-18,21,24-25H,6-10,15-16H2,1-5H3,(H2,31,41)(H,34,42)(H,35,43)(H,36,38)(H,39,40)(H3,32,33,44)/t21-,24-,25-/m0/s1. The molecule has 256 valence electrons. The number of aliphatic carboxylic acids is 1. The van der Waals surface area contributed by atoms with Gasteiger partial charge in [0.15, 0.2) is 0 Å². The number of amides is 7. The highest BCUT2D eigenvalue weighted by molar-refractivity contribution is 5.98. The first-order chi connectivity index (χ1) is 21.5. The van der Waals surface area contributed by atoms with Crippen LogP contribution in [0.1, 0.15) is 65.4 Å². The second kappa shape index (κ2) is 19.5. The van der Waals surface area contributed by atoms with Crippen molar-refractivity contribution in [2.75, 3.05) is 18.9 Å². The first-order valence-corrected chi connectivity index (χ1v) is 15.0. The smallest absolute Gasteiger partial charge is 0.410 e. The molecule has 0 aliphatic carbocycles. The number of ether oxygens (including phenoxy) is 1. The number of carbonyl (C=O) groups is 7. The van der Waals surface area contributed by atoms with Gasteiger partial charge < -0.3 is 42.6 Å². The Balaban J connectivity index is 2.92. The van der Waals surface area contributed by atoms with Crippen LogP contribution in [0.4, 0.5) is 15.3 Å². The number of urea groups is 1. The average molecular weight is 650 g/mol. The highest BCUT2D eigenvalue weighted by Gasteiger charge is 2.30. The summed E-state index contributed by atoms with van der Waals surface area (Å²) >= 11 is 0. The molecule has 0 unspecified atom stereocenters. The number of nitrogens with two attached hydrogens (primary N) is 2. The Kier molecular flexibility index (Phi) is 16.6. The van der Waals surface area contributed by atoms with Crippen LogP contribution in [0.3, 0.4) is 0 Å². The van der Waals surface area contributed by atoms with Crippen molar-refractivity contribution in [3.05, 3.63) is 29.8 Å². The third-order valence-electron chi connectivity index (χ3n) is 6.87. The van der Waals surface area contributed by atoms with Crippen LogP contribution in [0.5, 0.6) is 0 Å². The molecule has 46 heavy (non-hydrogen) atoms. The number of anilines is 1. The molecule has 9 N–H and O–H groups in total. The van der Waals surface area contributed by atoms with Gasteiger partial charge in [-0.25, -0.2) is 9.59 Å². The minimum atomic E-state index is -1.05. The van der Waals surface area contributed by atoms with Crippen molar-refractivity contribution in [1.29, 1.82) is 0 Å². The Morgan fingerprint density at radius 3 is 2.02 bits per heavy atom. The van der Waals surface area contributed by atoms with E-state index in [1.54, 1.807) is 52.0 Å². The van der Waals surface area contributed by atoms with Gasteiger partial charge in [0.2, 0.25) is 23.6 Å². The normalized spacial score (nSPS) is 12.8. The number of carboxylic acids is 1. The van der Waals surface area contributed by atoms with E-state index in [1.165, 1.54) is 7.05 Å². The fourth-order valence-electron chi connectivity index (χ4n) is 4.47. The van der Waals surface area contributed by atoms with E-state index in [0.29, 0.717) is 17.7 Å². The highest BCUT2D eigenvalue weighted by atomic mass is 16.6. The third-order valence-corrected chi connectivity index (χ3v) is 6.87. The second-order valence-electron chi connectivity index (χ2n) is 11.5. The van der Waals surface area contributed by atoms with Crippen LogP contribution in [0.15, 0.2) is 24.3 Å². The molecule has 1 rings (SSSR count). The van der Waals surface area contributed by atoms with Gasteiger partial charge in [-0.05, 0) is 48.8 Å². The molecule has 0 heterocycles. The minimum Gasteiger partial charge on any atom is -0.481 e. The lowest BCUT2D eigenvalue weighted by atomic mass is 10.0. The van der Waals surface area contributed by atoms with Crippen LogP contribution < -0.4 is 32.7 Å². The predicted molar refractivity (Wildman–Crippen MR) is 168 cm³/mol. The minimum absolute atomic E-state index is 0.0801. The number of hydrogen-bond acceptors (Lipinski definition) is 8. The number of rotatable bonds is 19. The second-order valence-corrected chi connectivity index (χ2v) is 11.5. The van der Waals surface area contributed by atoms with Gasteiger partial charge in [-0.1, -0.05) is 39.8 Å². The lowest BCUT2D eigenvalue weighted by molar-refractivity contribution is -0.137. The molecule has 0 saturated carbocycles. The Bertz CT molecular complexity index is 1220. The lowest BCUT2D eigenvalue weighted by Crippen LogP contribution is -2.54. The molecule has 0 aromatic heterocycles. The van der Waals surface area contributed by atoms with E-state index >= 15 is 0 Å². The van der Waals surface area contributed by atoms with Gasteiger partial charge in [0.05, 0.1) is 0 Å². The van der Waals surface area contributed by atoms with E-state index in [1.807, 2.05) is 0 Å². The van der Waals surface area contributed by atoms with E-state index in [9.17, 15) is 33.6 Å². The van der Waals surface area contributed by atoms with Crippen molar-refractivity contribution >= 4 is 47.4 Å². The molecule has 16 heteroatoms. The quantitative estimate of drug-likeness (QED) is 0.106. The van der Waals surface area contributed by atoms with E-state index in [0.717, 1.165) is 4.90 Å². The van der Waals surface area contributed by atoms with Crippen molar-refractivity contribution in [3.8, 4) is 0 Å². The number of likely N-dealkylation sites (N-methyl/N-ethyl adjacent to an activating group) is 1. The molecular formula is C30H47N7O9. The van der Waals surface area contributed by atoms with Crippen molar-refractivity contribution in [1.82, 2.24) is 20.9 Å². The number of hydrogen-bond donors (Lipinski definition) is 7. The van der Waals surface area contributed by atoms with Crippen LogP contribution in [-0.4, -0.2) is 83.4 Å². The summed E-state index contributed by atoms with van der Waals surface area (Å²) in [6, 6.07) is 2.78. The molecule has 1 aromatic carbocycles. The van der Waals surface area contributed by atoms with E-state index in [2.05, 4.69) is 21.3 Å². The molecule has 3 atom stereocenters. The molecule has 0 bridgehead atoms. The Hall–Kier alpha value is -4.89. The molecule has 0 aliphatic heterocycles. The fraction of sp³-hybridized carbons (Fsp3) is 0.567. The van der Waals surface area contributed by atoms with Crippen molar-refractivity contribution in [3.63, 3.8) is 0 Å². The van der Waals surface area contributed by atoms with Crippen molar-refractivity contribution in [2.45, 2.75) is 84.5 Å². The van der Waals surface area contributed by atoms with Gasteiger partial charge in [0.1, 0.15) is 24.7 Å². The summed E-state index contributed by atoms with van der Waals surface area (Å²) in [5.41, 5.74) is 11.5. The molecule has 0 radical (unpaired) electrons. The van der Waals surface area contributed by atoms with Gasteiger partial charge >= 0.3 is 18.1 Å². The summed E-state index contributed by atoms with van der Waals surface area (Å²) in [4.78, 5) is 85.9. The lowest BCUT2D eigenvalue weighted by Gasteiger charge is -2.27. The molecule has 7 amide bonds. The summed E-state index contributed by atoms with van der Waals surface area (Å²) in [6.07, 6.45) is -0.468. The van der Waals surface area contributed by atoms with Gasteiger partial charge in [-0.3, -0.25) is 28.9 Å². The molecule has 0 saturated heterocycles. The van der Waals surface area contributed by atoms with Crippen LogP contribution in [0, 0.1) is 11.8 Å². The molecule has 0 fully saturated rings. The molecule has 0 aliphatic rings. The van der Waals surface area contributed by atoms with Crippen LogP contribution in [0.25, 0.3) is 0 Å². The zero-order valence-corrected chi connectivity index (χ0v) is 27.0. The van der Waals surface area contributed by atoms with Crippen molar-refractivity contribution < 1.29 is 43.4 Å². The van der Waals surface area contributed by atoms with Gasteiger partial charge in [-0.15, -0.1) is 0 Å². The predicted octanol–water partition coefficient (Wildman–Crippen LogP) is 1.03. The van der Waals surface area contributed by atoms with E-state index in [4.69, 9.17) is 21.3 Å². The van der Waals surface area contributed by atoms with Gasteiger partial charge in [-0.2, -0.15) is 0 Å². The number of nitrogens with one attached hydrogen (secondary N) is 4. The SMILES string of the molecule is CC(C)[C@H](NC(=O)CCCC(=O)O)C(=O)N[C@@H](CCCNC(N)=O)C(=O)Nc1ccc(COC(=O)N(C)[C@H](C(N)=O)C(C)C)cc1. The van der Waals surface area contributed by atoms with Crippen LogP contribution >= 0.6 is 0 Å². The number of benzene rings is 1. The highest BCUT2D eigenvalue weighted by Crippen LogP contribution is 2.15. The number of primary amides is 2. The van der Waals surface area contributed by atoms with Gasteiger partial charge in [0.25, 0.3) is 0 Å². The third kappa shape index (κ3) is 14.3. The van der Waals surface area contributed by atoms with Crippen LogP contribution in [0.2, 0.25) is 0 Å². The zero-order valence-electron chi connectivity index (χ0n) is 27.0. The first-order valence-electron chi connectivity index (χ1n) is 15.0. The Morgan fingerprint density at radius 2 is 1.50 bits per heavy atom. The number of nitrogens with zero attached hydrogens (tertiary/aromatic N) is 1. The average Bonchev–Trinajstić information content (AvgIpc) is 2.95. The maximum Gasteiger partial charge on any atom is 0.410 e. The summed E-state index contributed by atoms with van der Waals surface area (Å²) in [5.74, 6) is -3.91. The summed E-state index contributed by atoms with van der Waals surface area (Å²) in [5, 5.41) is 19.2. The topological polar surface area (TPSA) is 252 Å². The Morgan fingerprint density at radius 1 is 0.870 bits per heavy atom. The molecular weight excluding hydrogens is 602 g/mol. The zero-order chi connectivity index (χ0) is 35.0. The van der Waals surface area contributed by atoms with Crippen molar-refractivity contribution in [2.24, 2.45) is 23.3 Å². The monoisotopic (exact) mass is 649 g/mol. The first kappa shape index (κ1) is 39.1. The van der Waals surface area contributed by atoms with Gasteiger partial charge in [0, 0.05) is 32.1 Å². The Labute approximate surface area is 268 Å². The maximum atomic E-state index is 13.3.